The van der Waals surface area contributed by atoms with E-state index >= 15 is 0 Å². The van der Waals surface area contributed by atoms with E-state index < -0.39 is 5.79 Å². The van der Waals surface area contributed by atoms with Crippen LogP contribution >= 0.6 is 0 Å². The molecule has 0 amide bonds. The fourth-order valence-corrected chi connectivity index (χ4v) is 3.46. The van der Waals surface area contributed by atoms with Crippen molar-refractivity contribution in [2.75, 3.05) is 5.73 Å². The SMILES string of the molecule is CCC1(CC)OC2[C@H](n3cnc4c(N)nccc43)C=C[C@H]2O1. The van der Waals surface area contributed by atoms with Crippen molar-refractivity contribution in [2.45, 2.75) is 50.7 Å². The van der Waals surface area contributed by atoms with Gasteiger partial charge in [0.1, 0.15) is 17.7 Å². The summed E-state index contributed by atoms with van der Waals surface area (Å²) in [7, 11) is 0. The molecule has 6 nitrogen and oxygen atoms in total. The Morgan fingerprint density at radius 1 is 1.23 bits per heavy atom. The summed E-state index contributed by atoms with van der Waals surface area (Å²) in [5, 5.41) is 0. The van der Waals surface area contributed by atoms with E-state index in [9.17, 15) is 0 Å². The number of fused-ring (bicyclic) bond motifs is 2. The first-order chi connectivity index (χ1) is 10.7. The molecule has 2 aliphatic rings. The number of hydrogen-bond donors (Lipinski definition) is 1. The summed E-state index contributed by atoms with van der Waals surface area (Å²) in [6, 6.07) is 2.00. The van der Waals surface area contributed by atoms with Gasteiger partial charge >= 0.3 is 0 Å². The Bertz CT molecular complexity index is 735. The maximum absolute atomic E-state index is 6.31. The second-order valence-electron chi connectivity index (χ2n) is 5.87. The highest BCUT2D eigenvalue weighted by Crippen LogP contribution is 2.43. The van der Waals surface area contributed by atoms with Crippen LogP contribution in [-0.4, -0.2) is 32.5 Å². The van der Waals surface area contributed by atoms with E-state index in [4.69, 9.17) is 15.2 Å². The number of aromatic nitrogens is 3. The minimum atomic E-state index is -0.463. The van der Waals surface area contributed by atoms with Crippen LogP contribution < -0.4 is 5.73 Å². The van der Waals surface area contributed by atoms with Crippen LogP contribution in [0.1, 0.15) is 32.7 Å². The van der Waals surface area contributed by atoms with Gasteiger partial charge in [0.05, 0.1) is 17.9 Å². The van der Waals surface area contributed by atoms with E-state index in [2.05, 4.69) is 40.5 Å². The van der Waals surface area contributed by atoms with Gasteiger partial charge in [-0.05, 0) is 18.9 Å². The quantitative estimate of drug-likeness (QED) is 0.881. The second-order valence-corrected chi connectivity index (χ2v) is 5.87. The van der Waals surface area contributed by atoms with Crippen LogP contribution in [0.25, 0.3) is 11.0 Å². The van der Waals surface area contributed by atoms with Gasteiger partial charge in [-0.2, -0.15) is 0 Å². The number of nitrogens with two attached hydrogens (primary N) is 1. The van der Waals surface area contributed by atoms with Crippen LogP contribution in [0, 0.1) is 0 Å². The Hall–Kier alpha value is -1.92. The number of rotatable bonds is 3. The van der Waals surface area contributed by atoms with Crippen LogP contribution in [-0.2, 0) is 9.47 Å². The molecule has 0 saturated carbocycles. The van der Waals surface area contributed by atoms with E-state index in [1.54, 1.807) is 12.5 Å². The highest BCUT2D eigenvalue weighted by Gasteiger charge is 2.50. The van der Waals surface area contributed by atoms with Gasteiger partial charge in [-0.1, -0.05) is 26.0 Å². The summed E-state index contributed by atoms with van der Waals surface area (Å²) in [4.78, 5) is 8.49. The van der Waals surface area contributed by atoms with Crippen molar-refractivity contribution in [3.05, 3.63) is 30.7 Å². The van der Waals surface area contributed by atoms with Crippen molar-refractivity contribution < 1.29 is 9.47 Å². The monoisotopic (exact) mass is 300 g/mol. The molecule has 3 atom stereocenters. The smallest absolute Gasteiger partial charge is 0.169 e. The highest BCUT2D eigenvalue weighted by atomic mass is 16.8. The molecule has 2 aromatic heterocycles. The van der Waals surface area contributed by atoms with E-state index in [0.29, 0.717) is 5.82 Å². The zero-order valence-electron chi connectivity index (χ0n) is 12.8. The summed E-state index contributed by atoms with van der Waals surface area (Å²) in [6.07, 6.45) is 9.41. The predicted octanol–water partition coefficient (Wildman–Crippen LogP) is 2.42. The van der Waals surface area contributed by atoms with Gasteiger partial charge in [-0.25, -0.2) is 9.97 Å². The fourth-order valence-electron chi connectivity index (χ4n) is 3.46. The van der Waals surface area contributed by atoms with Crippen LogP contribution in [0.3, 0.4) is 0 Å². The third-order valence-electron chi connectivity index (χ3n) is 4.78. The molecule has 1 unspecified atom stereocenters. The van der Waals surface area contributed by atoms with Crippen molar-refractivity contribution >= 4 is 16.9 Å². The normalized spacial score (nSPS) is 29.3. The molecule has 0 bridgehead atoms. The van der Waals surface area contributed by atoms with Gasteiger partial charge in [0.2, 0.25) is 0 Å². The zero-order chi connectivity index (χ0) is 15.3. The predicted molar refractivity (Wildman–Crippen MR) is 83.2 cm³/mol. The molecule has 1 fully saturated rings. The van der Waals surface area contributed by atoms with Crippen LogP contribution in [0.4, 0.5) is 5.82 Å². The molecule has 3 heterocycles. The lowest BCUT2D eigenvalue weighted by atomic mass is 10.1. The molecule has 6 heteroatoms. The summed E-state index contributed by atoms with van der Waals surface area (Å²) in [5.74, 6) is -0.00944. The highest BCUT2D eigenvalue weighted by molar-refractivity contribution is 5.84. The lowest BCUT2D eigenvalue weighted by Gasteiger charge is -2.27. The van der Waals surface area contributed by atoms with Crippen molar-refractivity contribution in [1.29, 1.82) is 0 Å². The van der Waals surface area contributed by atoms with Crippen LogP contribution in [0.15, 0.2) is 30.7 Å². The van der Waals surface area contributed by atoms with E-state index in [1.165, 1.54) is 0 Å². The van der Waals surface area contributed by atoms with Gasteiger partial charge in [0.15, 0.2) is 11.6 Å². The fraction of sp³-hybridized carbons (Fsp3) is 0.500. The van der Waals surface area contributed by atoms with Gasteiger partial charge < -0.3 is 19.8 Å². The second kappa shape index (κ2) is 4.79. The molecule has 22 heavy (non-hydrogen) atoms. The Morgan fingerprint density at radius 3 is 2.82 bits per heavy atom. The van der Waals surface area contributed by atoms with Gasteiger partial charge in [0, 0.05) is 6.20 Å². The zero-order valence-corrected chi connectivity index (χ0v) is 12.8. The summed E-state index contributed by atoms with van der Waals surface area (Å²) >= 11 is 0. The van der Waals surface area contributed by atoms with Crippen LogP contribution in [0.5, 0.6) is 0 Å². The van der Waals surface area contributed by atoms with E-state index in [-0.39, 0.29) is 18.2 Å². The first-order valence-electron chi connectivity index (χ1n) is 7.78. The molecule has 0 aromatic carbocycles. The molecule has 116 valence electrons. The maximum atomic E-state index is 6.31. The molecular formula is C16H20N4O2. The molecular weight excluding hydrogens is 280 g/mol. The van der Waals surface area contributed by atoms with Crippen molar-refractivity contribution in [1.82, 2.24) is 14.5 Å². The number of anilines is 1. The number of pyridine rings is 1. The van der Waals surface area contributed by atoms with E-state index in [0.717, 1.165) is 23.9 Å². The molecule has 2 aromatic rings. The standard InChI is InChI=1S/C16H20N4O2/c1-3-16(4-2)21-12-6-5-11(14(12)22-16)20-9-19-13-10(20)7-8-18-15(13)17/h5-9,11-12,14H,3-4H2,1-2H3,(H2,17,18)/t11-,12-,14?/m1/s1. The third-order valence-corrected chi connectivity index (χ3v) is 4.78. The number of nitrogens with zero attached hydrogens (tertiary/aromatic N) is 3. The average molecular weight is 300 g/mol. The molecule has 2 N–H and O–H groups in total. The summed E-state index contributed by atoms with van der Waals surface area (Å²) in [6.45, 7) is 4.20. The number of hydrogen-bond acceptors (Lipinski definition) is 5. The minimum absolute atomic E-state index is 0.00142. The van der Waals surface area contributed by atoms with Gasteiger partial charge in [-0.3, -0.25) is 0 Å². The summed E-state index contributed by atoms with van der Waals surface area (Å²) in [5.41, 5.74) is 7.60. The Balaban J connectivity index is 1.72. The Labute approximate surface area is 128 Å². The number of ether oxygens (including phenoxy) is 2. The van der Waals surface area contributed by atoms with Crippen molar-refractivity contribution in [3.63, 3.8) is 0 Å². The minimum Gasteiger partial charge on any atom is -0.382 e. The third kappa shape index (κ3) is 1.80. The number of nitrogen functional groups attached to an aromatic ring is 1. The van der Waals surface area contributed by atoms with Crippen molar-refractivity contribution in [2.24, 2.45) is 0 Å². The lowest BCUT2D eigenvalue weighted by molar-refractivity contribution is -0.179. The van der Waals surface area contributed by atoms with Crippen molar-refractivity contribution in [3.8, 4) is 0 Å². The summed E-state index contributed by atoms with van der Waals surface area (Å²) < 4.78 is 14.6. The molecule has 0 spiro atoms. The molecule has 0 radical (unpaired) electrons. The number of imidazole rings is 1. The molecule has 1 aliphatic carbocycles. The first-order valence-corrected chi connectivity index (χ1v) is 7.78. The molecule has 1 aliphatic heterocycles. The van der Waals surface area contributed by atoms with Crippen LogP contribution in [0.2, 0.25) is 0 Å². The topological polar surface area (TPSA) is 75.2 Å². The average Bonchev–Trinajstić information content (AvgIpc) is 3.19. The largest absolute Gasteiger partial charge is 0.382 e. The molecule has 4 rings (SSSR count). The van der Waals surface area contributed by atoms with Gasteiger partial charge in [-0.15, -0.1) is 0 Å². The van der Waals surface area contributed by atoms with Gasteiger partial charge in [0.25, 0.3) is 0 Å². The first kappa shape index (κ1) is 13.7. The lowest BCUT2D eigenvalue weighted by Crippen LogP contribution is -2.31. The Morgan fingerprint density at radius 2 is 2.05 bits per heavy atom. The molecule has 1 saturated heterocycles. The Kier molecular flexibility index (Phi) is 2.99. The van der Waals surface area contributed by atoms with E-state index in [1.807, 2.05) is 6.07 Å². The maximum Gasteiger partial charge on any atom is 0.169 e.